The van der Waals surface area contributed by atoms with Crippen LogP contribution in [0.2, 0.25) is 0 Å². The first-order valence-corrected chi connectivity index (χ1v) is 12.4. The summed E-state index contributed by atoms with van der Waals surface area (Å²) in [6.45, 7) is 0. The van der Waals surface area contributed by atoms with Gasteiger partial charge in [0.25, 0.3) is 0 Å². The van der Waals surface area contributed by atoms with Gasteiger partial charge >= 0.3 is 0 Å². The van der Waals surface area contributed by atoms with Gasteiger partial charge in [0.1, 0.15) is 0 Å². The monoisotopic (exact) mass is 478 g/mol. The topological polar surface area (TPSA) is 18.5 Å². The van der Waals surface area contributed by atoms with E-state index in [4.69, 9.17) is 9.47 Å². The Morgan fingerprint density at radius 1 is 0.794 bits per heavy atom. The molecule has 2 nitrogen and oxygen atoms in total. The summed E-state index contributed by atoms with van der Waals surface area (Å²) in [4.78, 5) is 0. The standard InChI is InChI=1S/C28H34F4O2/c1-33-21-12-9-19(10-13-21)22-14-11-20(25(29)26(22)30)8-5-17-3-6-18(7-4-17)23-15-16-24(34-2)28(32)27(23)31/h5,8,11,14-19,21,25-26H,3-4,6-7,9-10,12-13H2,1-2H3/b8-5+. The maximum atomic E-state index is 15.0. The third-order valence-electron chi connectivity index (χ3n) is 7.91. The Labute approximate surface area is 199 Å². The first-order chi connectivity index (χ1) is 16.4. The second-order valence-electron chi connectivity index (χ2n) is 9.80. The smallest absolute Gasteiger partial charge is 0.200 e. The van der Waals surface area contributed by atoms with Gasteiger partial charge in [-0.15, -0.1) is 0 Å². The summed E-state index contributed by atoms with van der Waals surface area (Å²) in [6.07, 6.45) is 10.6. The van der Waals surface area contributed by atoms with E-state index in [1.54, 1.807) is 31.4 Å². The van der Waals surface area contributed by atoms with E-state index < -0.39 is 24.0 Å². The quantitative estimate of drug-likeness (QED) is 0.393. The van der Waals surface area contributed by atoms with Gasteiger partial charge in [0.15, 0.2) is 23.9 Å². The van der Waals surface area contributed by atoms with E-state index in [9.17, 15) is 17.6 Å². The number of allylic oxidation sites excluding steroid dienone is 6. The van der Waals surface area contributed by atoms with Crippen LogP contribution in [0.15, 0.2) is 47.6 Å². The molecule has 186 valence electrons. The molecule has 34 heavy (non-hydrogen) atoms. The van der Waals surface area contributed by atoms with Crippen LogP contribution in [0.3, 0.4) is 0 Å². The highest BCUT2D eigenvalue weighted by Gasteiger charge is 2.35. The molecule has 3 aliphatic rings. The van der Waals surface area contributed by atoms with Gasteiger partial charge in [0.05, 0.1) is 13.2 Å². The fourth-order valence-electron chi connectivity index (χ4n) is 5.74. The van der Waals surface area contributed by atoms with Crippen molar-refractivity contribution in [1.82, 2.24) is 0 Å². The third kappa shape index (κ3) is 5.27. The minimum Gasteiger partial charge on any atom is -0.494 e. The van der Waals surface area contributed by atoms with E-state index in [0.717, 1.165) is 51.4 Å². The average molecular weight is 479 g/mol. The van der Waals surface area contributed by atoms with Gasteiger partial charge in [-0.1, -0.05) is 30.4 Å². The van der Waals surface area contributed by atoms with Crippen molar-refractivity contribution in [1.29, 1.82) is 0 Å². The Balaban J connectivity index is 1.35. The van der Waals surface area contributed by atoms with Crippen molar-refractivity contribution in [2.24, 2.45) is 11.8 Å². The minimum absolute atomic E-state index is 0.0539. The third-order valence-corrected chi connectivity index (χ3v) is 7.91. The van der Waals surface area contributed by atoms with Gasteiger partial charge in [0, 0.05) is 7.11 Å². The van der Waals surface area contributed by atoms with E-state index in [0.29, 0.717) is 16.7 Å². The lowest BCUT2D eigenvalue weighted by Gasteiger charge is -2.33. The number of halogens is 4. The molecule has 0 aliphatic heterocycles. The predicted molar refractivity (Wildman–Crippen MR) is 125 cm³/mol. The molecular weight excluding hydrogens is 444 g/mol. The van der Waals surface area contributed by atoms with Crippen LogP contribution in [-0.2, 0) is 4.74 Å². The van der Waals surface area contributed by atoms with E-state index in [1.165, 1.54) is 13.2 Å². The molecule has 4 rings (SSSR count). The van der Waals surface area contributed by atoms with Crippen molar-refractivity contribution in [3.05, 3.63) is 64.8 Å². The lowest BCUT2D eigenvalue weighted by atomic mass is 9.77. The van der Waals surface area contributed by atoms with Crippen LogP contribution in [-0.4, -0.2) is 32.7 Å². The molecule has 0 radical (unpaired) electrons. The Bertz CT molecular complexity index is 938. The highest BCUT2D eigenvalue weighted by molar-refractivity contribution is 5.39. The summed E-state index contributed by atoms with van der Waals surface area (Å²) < 4.78 is 68.6. The zero-order valence-electron chi connectivity index (χ0n) is 19.9. The average Bonchev–Trinajstić information content (AvgIpc) is 2.87. The Hall–Kier alpha value is -2.08. The van der Waals surface area contributed by atoms with Crippen molar-refractivity contribution in [2.45, 2.75) is 75.7 Å². The number of hydrogen-bond donors (Lipinski definition) is 0. The fourth-order valence-corrected chi connectivity index (χ4v) is 5.74. The molecular formula is C28H34F4O2. The van der Waals surface area contributed by atoms with E-state index in [1.807, 2.05) is 6.08 Å². The molecule has 0 aromatic heterocycles. The predicted octanol–water partition coefficient (Wildman–Crippen LogP) is 7.55. The lowest BCUT2D eigenvalue weighted by Crippen LogP contribution is -2.31. The van der Waals surface area contributed by atoms with Crippen LogP contribution in [0.4, 0.5) is 17.6 Å². The Kier molecular flexibility index (Phi) is 8.18. The highest BCUT2D eigenvalue weighted by Crippen LogP contribution is 2.41. The van der Waals surface area contributed by atoms with Crippen molar-refractivity contribution >= 4 is 0 Å². The number of hydrogen-bond acceptors (Lipinski definition) is 2. The number of rotatable bonds is 6. The molecule has 2 unspecified atom stereocenters. The molecule has 6 heteroatoms. The van der Waals surface area contributed by atoms with Crippen molar-refractivity contribution in [3.8, 4) is 5.75 Å². The molecule has 2 saturated carbocycles. The molecule has 2 fully saturated rings. The van der Waals surface area contributed by atoms with Gasteiger partial charge in [0.2, 0.25) is 5.82 Å². The van der Waals surface area contributed by atoms with Crippen LogP contribution >= 0.6 is 0 Å². The van der Waals surface area contributed by atoms with Crippen molar-refractivity contribution in [3.63, 3.8) is 0 Å². The maximum absolute atomic E-state index is 15.0. The fraction of sp³-hybridized carbons (Fsp3) is 0.571. The molecule has 1 aromatic rings. The molecule has 0 bridgehead atoms. The van der Waals surface area contributed by atoms with Gasteiger partial charge in [-0.05, 0) is 91.9 Å². The van der Waals surface area contributed by atoms with Crippen LogP contribution in [0.5, 0.6) is 5.75 Å². The molecule has 0 N–H and O–H groups in total. The van der Waals surface area contributed by atoms with Gasteiger partial charge in [-0.25, -0.2) is 13.2 Å². The van der Waals surface area contributed by atoms with Crippen LogP contribution in [0.25, 0.3) is 0 Å². The Morgan fingerprint density at radius 3 is 2.12 bits per heavy atom. The van der Waals surface area contributed by atoms with Crippen molar-refractivity contribution in [2.75, 3.05) is 14.2 Å². The molecule has 0 spiro atoms. The Morgan fingerprint density at radius 2 is 1.47 bits per heavy atom. The van der Waals surface area contributed by atoms with E-state index in [-0.39, 0.29) is 29.6 Å². The number of alkyl halides is 2. The summed E-state index contributed by atoms with van der Waals surface area (Å²) in [7, 11) is 3.01. The maximum Gasteiger partial charge on any atom is 0.200 e. The largest absolute Gasteiger partial charge is 0.494 e. The number of methoxy groups -OCH3 is 2. The van der Waals surface area contributed by atoms with Crippen molar-refractivity contribution < 1.29 is 27.0 Å². The first kappa shape index (κ1) is 25.0. The molecule has 0 amide bonds. The number of benzene rings is 1. The van der Waals surface area contributed by atoms with E-state index >= 15 is 0 Å². The summed E-state index contributed by atoms with van der Waals surface area (Å²) in [5, 5.41) is 0. The highest BCUT2D eigenvalue weighted by atomic mass is 19.2. The summed E-state index contributed by atoms with van der Waals surface area (Å²) in [6, 6.07) is 3.07. The van der Waals surface area contributed by atoms with E-state index in [2.05, 4.69) is 0 Å². The second kappa shape index (κ2) is 11.1. The summed E-state index contributed by atoms with van der Waals surface area (Å²) in [5.41, 5.74) is 1.33. The van der Waals surface area contributed by atoms with Crippen LogP contribution in [0.1, 0.15) is 62.8 Å². The van der Waals surface area contributed by atoms with Gasteiger partial charge < -0.3 is 9.47 Å². The summed E-state index contributed by atoms with van der Waals surface area (Å²) in [5.74, 6) is -1.63. The molecule has 2 atom stereocenters. The SMILES string of the molecule is COc1ccc(C2CCC(/C=C/C3=CC=C(C4CCC(OC)CC4)C(F)C3F)CC2)c(F)c1F. The molecule has 1 aromatic carbocycles. The zero-order valence-corrected chi connectivity index (χ0v) is 19.9. The second-order valence-corrected chi connectivity index (χ2v) is 9.80. The lowest BCUT2D eigenvalue weighted by molar-refractivity contribution is 0.0583. The first-order valence-electron chi connectivity index (χ1n) is 12.4. The molecule has 3 aliphatic carbocycles. The van der Waals surface area contributed by atoms with Crippen LogP contribution in [0, 0.1) is 23.5 Å². The molecule has 0 heterocycles. The minimum atomic E-state index is -1.65. The zero-order chi connectivity index (χ0) is 24.2. The molecule has 0 saturated heterocycles. The number of ether oxygens (including phenoxy) is 2. The summed E-state index contributed by atoms with van der Waals surface area (Å²) >= 11 is 0. The van der Waals surface area contributed by atoms with Gasteiger partial charge in [-0.3, -0.25) is 0 Å². The van der Waals surface area contributed by atoms with Gasteiger partial charge in [-0.2, -0.15) is 4.39 Å². The normalized spacial score (nSPS) is 32.4. The van der Waals surface area contributed by atoms with Crippen LogP contribution < -0.4 is 4.74 Å².